The third-order valence-electron chi connectivity index (χ3n) is 5.01. The maximum absolute atomic E-state index is 12.4. The van der Waals surface area contributed by atoms with Gasteiger partial charge < -0.3 is 5.32 Å². The molecule has 1 heterocycles. The molecule has 0 aliphatic carbocycles. The number of carbonyl (C=O) groups excluding carboxylic acids is 2. The van der Waals surface area contributed by atoms with Gasteiger partial charge in [-0.15, -0.1) is 0 Å². The van der Waals surface area contributed by atoms with E-state index < -0.39 is 5.41 Å². The first kappa shape index (κ1) is 17.7. The molecule has 1 aliphatic rings. The second-order valence-corrected chi connectivity index (χ2v) is 6.88. The Morgan fingerprint density at radius 1 is 1.09 bits per heavy atom. The molecule has 1 saturated heterocycles. The van der Waals surface area contributed by atoms with Gasteiger partial charge in [0.25, 0.3) is 0 Å². The zero-order valence-corrected chi connectivity index (χ0v) is 14.6. The van der Waals surface area contributed by atoms with Crippen LogP contribution in [0.25, 0.3) is 0 Å². The topological polar surface area (TPSA) is 49.4 Å². The lowest BCUT2D eigenvalue weighted by molar-refractivity contribution is -0.128. The summed E-state index contributed by atoms with van der Waals surface area (Å²) in [4.78, 5) is 26.8. The van der Waals surface area contributed by atoms with Crippen molar-refractivity contribution in [1.29, 1.82) is 0 Å². The number of likely N-dealkylation sites (tertiary alicyclic amines) is 1. The molecule has 0 aromatic heterocycles. The highest BCUT2D eigenvalue weighted by Gasteiger charge is 2.41. The van der Waals surface area contributed by atoms with Gasteiger partial charge in [0.2, 0.25) is 5.91 Å². The minimum Gasteiger partial charge on any atom is -0.353 e. The van der Waals surface area contributed by atoms with Crippen molar-refractivity contribution in [3.8, 4) is 0 Å². The molecule has 0 unspecified atom stereocenters. The lowest BCUT2D eigenvalue weighted by Crippen LogP contribution is -2.53. The highest BCUT2D eigenvalue weighted by Crippen LogP contribution is 2.36. The Morgan fingerprint density at radius 2 is 1.65 bits per heavy atom. The fourth-order valence-corrected chi connectivity index (χ4v) is 3.47. The Morgan fingerprint density at radius 3 is 2.13 bits per heavy atom. The van der Waals surface area contributed by atoms with Crippen LogP contribution in [0.15, 0.2) is 30.3 Å². The van der Waals surface area contributed by atoms with Crippen molar-refractivity contribution in [1.82, 2.24) is 10.2 Å². The van der Waals surface area contributed by atoms with E-state index in [9.17, 15) is 9.59 Å². The summed E-state index contributed by atoms with van der Waals surface area (Å²) in [6.45, 7) is 9.11. The molecule has 1 fully saturated rings. The summed E-state index contributed by atoms with van der Waals surface area (Å²) in [5.41, 5.74) is 0.706. The molecule has 1 atom stereocenters. The van der Waals surface area contributed by atoms with Crippen molar-refractivity contribution in [2.45, 2.75) is 58.0 Å². The highest BCUT2D eigenvalue weighted by molar-refractivity contribution is 5.88. The fraction of sp³-hybridized carbons (Fsp3) is 0.579. The van der Waals surface area contributed by atoms with Crippen LogP contribution in [0.5, 0.6) is 0 Å². The quantitative estimate of drug-likeness (QED) is 0.908. The first-order valence-corrected chi connectivity index (χ1v) is 8.48. The largest absolute Gasteiger partial charge is 0.353 e. The van der Waals surface area contributed by atoms with Gasteiger partial charge in [0.05, 0.1) is 11.5 Å². The van der Waals surface area contributed by atoms with Crippen LogP contribution < -0.4 is 5.32 Å². The van der Waals surface area contributed by atoms with Gasteiger partial charge in [-0.05, 0) is 46.1 Å². The minimum atomic E-state index is -0.397. The summed E-state index contributed by atoms with van der Waals surface area (Å²) in [6, 6.07) is 10.0. The second kappa shape index (κ2) is 7.26. The van der Waals surface area contributed by atoms with E-state index in [1.807, 2.05) is 51.1 Å². The summed E-state index contributed by atoms with van der Waals surface area (Å²) in [6.07, 6.45) is 1.54. The van der Waals surface area contributed by atoms with Crippen molar-refractivity contribution in [3.05, 3.63) is 35.9 Å². The van der Waals surface area contributed by atoms with Gasteiger partial charge in [-0.2, -0.15) is 0 Å². The number of hydrogen-bond donors (Lipinski definition) is 1. The molecule has 1 aromatic carbocycles. The maximum atomic E-state index is 12.4. The lowest BCUT2D eigenvalue weighted by atomic mass is 9.70. The Bertz CT molecular complexity index is 546. The van der Waals surface area contributed by atoms with Crippen molar-refractivity contribution < 1.29 is 9.59 Å². The highest BCUT2D eigenvalue weighted by atomic mass is 16.2. The van der Waals surface area contributed by atoms with Gasteiger partial charge >= 0.3 is 0 Å². The van der Waals surface area contributed by atoms with E-state index in [2.05, 4.69) is 10.2 Å². The maximum Gasteiger partial charge on any atom is 0.237 e. The number of ketones is 1. The number of rotatable bonds is 5. The van der Waals surface area contributed by atoms with E-state index in [1.54, 1.807) is 6.92 Å². The second-order valence-electron chi connectivity index (χ2n) is 6.88. The van der Waals surface area contributed by atoms with Crippen molar-refractivity contribution in [3.63, 3.8) is 0 Å². The predicted molar refractivity (Wildman–Crippen MR) is 92.3 cm³/mol. The van der Waals surface area contributed by atoms with Crippen molar-refractivity contribution in [2.24, 2.45) is 0 Å². The summed E-state index contributed by atoms with van der Waals surface area (Å²) < 4.78 is 0. The SMILES string of the molecule is CC(=O)C1(c2ccccc2)CCN([C@H](C)C(=O)NC(C)C)CC1. The monoisotopic (exact) mass is 316 g/mol. The number of hydrogen-bond acceptors (Lipinski definition) is 3. The van der Waals surface area contributed by atoms with Gasteiger partial charge in [0.15, 0.2) is 0 Å². The van der Waals surface area contributed by atoms with Crippen LogP contribution in [0.3, 0.4) is 0 Å². The van der Waals surface area contributed by atoms with Gasteiger partial charge in [0.1, 0.15) is 5.78 Å². The van der Waals surface area contributed by atoms with Gasteiger partial charge in [-0.25, -0.2) is 0 Å². The first-order chi connectivity index (χ1) is 10.9. The summed E-state index contributed by atoms with van der Waals surface area (Å²) in [7, 11) is 0. The van der Waals surface area contributed by atoms with E-state index in [0.29, 0.717) is 0 Å². The van der Waals surface area contributed by atoms with Crippen LogP contribution in [0.1, 0.15) is 46.1 Å². The third kappa shape index (κ3) is 3.81. The number of carbonyl (C=O) groups is 2. The van der Waals surface area contributed by atoms with Gasteiger partial charge in [-0.3, -0.25) is 14.5 Å². The standard InChI is InChI=1S/C19H28N2O2/c1-14(2)20-18(23)15(3)21-12-10-19(11-13-21,16(4)22)17-8-6-5-7-9-17/h5-9,14-15H,10-13H2,1-4H3,(H,20,23)/t15-/m1/s1. The van der Waals surface area contributed by atoms with E-state index in [1.165, 1.54) is 0 Å². The molecule has 1 amide bonds. The van der Waals surface area contributed by atoms with Crippen molar-refractivity contribution >= 4 is 11.7 Å². The molecule has 0 radical (unpaired) electrons. The molecule has 126 valence electrons. The molecule has 1 N–H and O–H groups in total. The molecule has 0 spiro atoms. The number of piperidine rings is 1. The molecule has 2 rings (SSSR count). The number of nitrogens with zero attached hydrogens (tertiary/aromatic N) is 1. The van der Waals surface area contributed by atoms with Crippen molar-refractivity contribution in [2.75, 3.05) is 13.1 Å². The van der Waals surface area contributed by atoms with E-state index in [4.69, 9.17) is 0 Å². The van der Waals surface area contributed by atoms with Crippen LogP contribution in [0.2, 0.25) is 0 Å². The van der Waals surface area contributed by atoms with E-state index in [-0.39, 0.29) is 23.8 Å². The molecular weight excluding hydrogens is 288 g/mol. The number of Topliss-reactive ketones (excluding diaryl/α,β-unsaturated/α-hetero) is 1. The molecule has 1 aromatic rings. The average molecular weight is 316 g/mol. The van der Waals surface area contributed by atoms with E-state index >= 15 is 0 Å². The Kier molecular flexibility index (Phi) is 5.58. The number of nitrogens with one attached hydrogen (secondary N) is 1. The summed E-state index contributed by atoms with van der Waals surface area (Å²) >= 11 is 0. The lowest BCUT2D eigenvalue weighted by Gasteiger charge is -2.42. The van der Waals surface area contributed by atoms with Crippen LogP contribution in [-0.2, 0) is 15.0 Å². The minimum absolute atomic E-state index is 0.0648. The molecule has 4 heteroatoms. The molecule has 4 nitrogen and oxygen atoms in total. The summed E-state index contributed by atoms with van der Waals surface area (Å²) in [5, 5.41) is 2.97. The average Bonchev–Trinajstić information content (AvgIpc) is 2.54. The van der Waals surface area contributed by atoms with Crippen LogP contribution in [-0.4, -0.2) is 41.8 Å². The zero-order valence-electron chi connectivity index (χ0n) is 14.6. The van der Waals surface area contributed by atoms with Gasteiger partial charge in [0, 0.05) is 19.1 Å². The zero-order chi connectivity index (χ0) is 17.0. The first-order valence-electron chi connectivity index (χ1n) is 8.48. The third-order valence-corrected chi connectivity index (χ3v) is 5.01. The van der Waals surface area contributed by atoms with Crippen LogP contribution in [0, 0.1) is 0 Å². The van der Waals surface area contributed by atoms with E-state index in [0.717, 1.165) is 31.5 Å². The fourth-order valence-electron chi connectivity index (χ4n) is 3.47. The number of amides is 1. The molecule has 23 heavy (non-hydrogen) atoms. The number of benzene rings is 1. The Hall–Kier alpha value is -1.68. The Balaban J connectivity index is 2.09. The molecular formula is C19H28N2O2. The Labute approximate surface area is 139 Å². The molecule has 0 bridgehead atoms. The summed E-state index contributed by atoms with van der Waals surface area (Å²) in [5.74, 6) is 0.290. The van der Waals surface area contributed by atoms with Crippen LogP contribution in [0.4, 0.5) is 0 Å². The predicted octanol–water partition coefficient (Wildman–Crippen LogP) is 2.52. The van der Waals surface area contributed by atoms with Crippen LogP contribution >= 0.6 is 0 Å². The van der Waals surface area contributed by atoms with Gasteiger partial charge in [-0.1, -0.05) is 30.3 Å². The molecule has 1 aliphatic heterocycles. The smallest absolute Gasteiger partial charge is 0.237 e. The molecule has 0 saturated carbocycles. The normalized spacial score (nSPS) is 19.3.